The summed E-state index contributed by atoms with van der Waals surface area (Å²) in [6.07, 6.45) is 10.5. The van der Waals surface area contributed by atoms with Crippen LogP contribution in [-0.2, 0) is 0 Å². The predicted octanol–water partition coefficient (Wildman–Crippen LogP) is 3.57. The molecule has 1 aromatic carbocycles. The SMILES string of the molecule is O=C1NC([C@H]2CCCN(CCC3CCCCC3)C2)NN1c1cccc2ccc(=O)[nH]c12. The zero-order valence-electron chi connectivity index (χ0n) is 18.1. The summed E-state index contributed by atoms with van der Waals surface area (Å²) in [4.78, 5) is 30.1. The van der Waals surface area contributed by atoms with Crippen LogP contribution in [0.2, 0.25) is 0 Å². The summed E-state index contributed by atoms with van der Waals surface area (Å²) < 4.78 is 0. The van der Waals surface area contributed by atoms with Crippen molar-refractivity contribution in [2.75, 3.05) is 24.6 Å². The van der Waals surface area contributed by atoms with E-state index in [1.54, 1.807) is 11.1 Å². The third-order valence-corrected chi connectivity index (χ3v) is 7.32. The van der Waals surface area contributed by atoms with Crippen LogP contribution in [0.5, 0.6) is 0 Å². The Morgan fingerprint density at radius 3 is 2.71 bits per heavy atom. The number of fused-ring (bicyclic) bond motifs is 1. The first-order valence-electron chi connectivity index (χ1n) is 11.9. The fourth-order valence-electron chi connectivity index (χ4n) is 5.59. The number of benzene rings is 1. The van der Waals surface area contributed by atoms with Crippen molar-refractivity contribution in [2.24, 2.45) is 11.8 Å². The zero-order valence-corrected chi connectivity index (χ0v) is 18.1. The Labute approximate surface area is 183 Å². The van der Waals surface area contributed by atoms with Crippen LogP contribution in [-0.4, -0.2) is 41.7 Å². The molecule has 0 radical (unpaired) electrons. The van der Waals surface area contributed by atoms with Crippen LogP contribution >= 0.6 is 0 Å². The van der Waals surface area contributed by atoms with Gasteiger partial charge in [0.1, 0.15) is 6.17 Å². The number of rotatable bonds is 5. The molecule has 2 amide bonds. The molecule has 0 spiro atoms. The van der Waals surface area contributed by atoms with E-state index >= 15 is 0 Å². The van der Waals surface area contributed by atoms with Crippen molar-refractivity contribution in [3.05, 3.63) is 40.7 Å². The molecule has 2 aliphatic heterocycles. The summed E-state index contributed by atoms with van der Waals surface area (Å²) in [6.45, 7) is 3.36. The second-order valence-electron chi connectivity index (χ2n) is 9.45. The quantitative estimate of drug-likeness (QED) is 0.687. The summed E-state index contributed by atoms with van der Waals surface area (Å²) >= 11 is 0. The number of pyridine rings is 1. The minimum Gasteiger partial charge on any atom is -0.320 e. The van der Waals surface area contributed by atoms with E-state index < -0.39 is 0 Å². The number of carbonyl (C=O) groups is 1. The number of aromatic nitrogens is 1. The minimum atomic E-state index is -0.169. The number of hydrogen-bond donors (Lipinski definition) is 3. The van der Waals surface area contributed by atoms with Gasteiger partial charge < -0.3 is 15.2 Å². The molecule has 7 heteroatoms. The van der Waals surface area contributed by atoms with Crippen LogP contribution in [0, 0.1) is 11.8 Å². The van der Waals surface area contributed by atoms with Gasteiger partial charge in [0, 0.05) is 23.9 Å². The Balaban J connectivity index is 1.24. The van der Waals surface area contributed by atoms with E-state index in [0.717, 1.165) is 30.8 Å². The van der Waals surface area contributed by atoms with Crippen LogP contribution in [0.25, 0.3) is 10.9 Å². The van der Waals surface area contributed by atoms with Crippen molar-refractivity contribution >= 4 is 22.6 Å². The molecule has 3 aliphatic rings. The lowest BCUT2D eigenvalue weighted by atomic mass is 9.86. The van der Waals surface area contributed by atoms with Gasteiger partial charge in [-0.1, -0.05) is 44.2 Å². The van der Waals surface area contributed by atoms with Gasteiger partial charge in [0.2, 0.25) is 5.56 Å². The predicted molar refractivity (Wildman–Crippen MR) is 123 cm³/mol. The van der Waals surface area contributed by atoms with E-state index in [4.69, 9.17) is 0 Å². The highest BCUT2D eigenvalue weighted by Crippen LogP contribution is 2.29. The number of anilines is 1. The van der Waals surface area contributed by atoms with E-state index in [-0.39, 0.29) is 17.8 Å². The number of amides is 2. The number of carbonyl (C=O) groups excluding carboxylic acids is 1. The van der Waals surface area contributed by atoms with Gasteiger partial charge in [-0.05, 0) is 50.4 Å². The highest BCUT2D eigenvalue weighted by Gasteiger charge is 2.37. The van der Waals surface area contributed by atoms with Gasteiger partial charge in [-0.15, -0.1) is 0 Å². The molecule has 3 heterocycles. The molecule has 7 nitrogen and oxygen atoms in total. The molecule has 1 aromatic heterocycles. The smallest absolute Gasteiger partial charge is 0.320 e. The Bertz CT molecular complexity index is 983. The molecule has 1 aliphatic carbocycles. The largest absolute Gasteiger partial charge is 0.337 e. The molecule has 1 saturated carbocycles. The van der Waals surface area contributed by atoms with Crippen molar-refractivity contribution in [3.63, 3.8) is 0 Å². The van der Waals surface area contributed by atoms with Crippen LogP contribution < -0.4 is 21.3 Å². The maximum atomic E-state index is 12.8. The van der Waals surface area contributed by atoms with E-state index in [1.807, 2.05) is 18.2 Å². The van der Waals surface area contributed by atoms with Gasteiger partial charge in [0.05, 0.1) is 11.2 Å². The summed E-state index contributed by atoms with van der Waals surface area (Å²) in [7, 11) is 0. The number of hydrazine groups is 1. The summed E-state index contributed by atoms with van der Waals surface area (Å²) in [5.41, 5.74) is 4.58. The van der Waals surface area contributed by atoms with Crippen molar-refractivity contribution in [1.29, 1.82) is 0 Å². The average Bonchev–Trinajstić information content (AvgIpc) is 3.19. The number of piperidine rings is 1. The first-order chi connectivity index (χ1) is 15.2. The minimum absolute atomic E-state index is 0.0873. The Kier molecular flexibility index (Phi) is 5.96. The summed E-state index contributed by atoms with van der Waals surface area (Å²) in [5, 5.41) is 5.60. The lowest BCUT2D eigenvalue weighted by Gasteiger charge is -2.36. The van der Waals surface area contributed by atoms with E-state index in [1.165, 1.54) is 57.6 Å². The molecule has 2 atom stereocenters. The number of aromatic amines is 1. The number of nitrogens with zero attached hydrogens (tertiary/aromatic N) is 2. The van der Waals surface area contributed by atoms with Gasteiger partial charge in [-0.3, -0.25) is 4.79 Å². The van der Waals surface area contributed by atoms with Crippen LogP contribution in [0.1, 0.15) is 51.4 Å². The molecule has 2 aromatic rings. The molecule has 2 saturated heterocycles. The number of urea groups is 1. The lowest BCUT2D eigenvalue weighted by molar-refractivity contribution is 0.134. The standard InChI is InChI=1S/C24H33N5O2/c30-21-12-11-18-8-4-10-20(22(18)25-21)29-24(31)26-23(27-29)19-9-5-14-28(16-19)15-13-17-6-2-1-3-7-17/h4,8,10-12,17,19,23,27H,1-3,5-7,9,13-16H2,(H,25,30)(H,26,31)/t19-,23?/m0/s1. The molecule has 3 N–H and O–H groups in total. The Hall–Kier alpha value is -2.38. The van der Waals surface area contributed by atoms with Gasteiger partial charge in [-0.25, -0.2) is 15.2 Å². The first-order valence-corrected chi connectivity index (χ1v) is 11.9. The number of likely N-dealkylation sites (tertiary alicyclic amines) is 1. The maximum Gasteiger partial charge on any atom is 0.337 e. The highest BCUT2D eigenvalue weighted by molar-refractivity contribution is 6.01. The second kappa shape index (κ2) is 9.01. The Morgan fingerprint density at radius 2 is 1.84 bits per heavy atom. The monoisotopic (exact) mass is 423 g/mol. The van der Waals surface area contributed by atoms with Crippen molar-refractivity contribution in [1.82, 2.24) is 20.6 Å². The summed E-state index contributed by atoms with van der Waals surface area (Å²) in [5.74, 6) is 1.28. The first kappa shape index (κ1) is 20.5. The molecular formula is C24H33N5O2. The molecule has 5 rings (SSSR count). The van der Waals surface area contributed by atoms with Gasteiger partial charge in [-0.2, -0.15) is 0 Å². The van der Waals surface area contributed by atoms with Gasteiger partial charge >= 0.3 is 6.03 Å². The number of H-pyrrole nitrogens is 1. The topological polar surface area (TPSA) is 80.5 Å². The van der Waals surface area contributed by atoms with Crippen LogP contribution in [0.4, 0.5) is 10.5 Å². The van der Waals surface area contributed by atoms with E-state index in [2.05, 4.69) is 20.6 Å². The molecule has 3 fully saturated rings. The fraction of sp³-hybridized carbons (Fsp3) is 0.583. The van der Waals surface area contributed by atoms with Gasteiger partial charge in [0.15, 0.2) is 0 Å². The van der Waals surface area contributed by atoms with Crippen LogP contribution in [0.15, 0.2) is 35.1 Å². The lowest BCUT2D eigenvalue weighted by Crippen LogP contribution is -2.49. The normalized spacial score (nSPS) is 25.8. The molecule has 166 valence electrons. The van der Waals surface area contributed by atoms with Crippen molar-refractivity contribution < 1.29 is 4.79 Å². The average molecular weight is 424 g/mol. The van der Waals surface area contributed by atoms with Crippen molar-refractivity contribution in [2.45, 2.75) is 57.5 Å². The third kappa shape index (κ3) is 4.48. The molecular weight excluding hydrogens is 390 g/mol. The van der Waals surface area contributed by atoms with Crippen molar-refractivity contribution in [3.8, 4) is 0 Å². The molecule has 0 bridgehead atoms. The van der Waals surface area contributed by atoms with Crippen LogP contribution in [0.3, 0.4) is 0 Å². The Morgan fingerprint density at radius 1 is 0.968 bits per heavy atom. The maximum absolute atomic E-state index is 12.8. The van der Waals surface area contributed by atoms with E-state index in [9.17, 15) is 9.59 Å². The number of nitrogens with one attached hydrogen (secondary N) is 3. The van der Waals surface area contributed by atoms with Gasteiger partial charge in [0.25, 0.3) is 0 Å². The number of hydrogen-bond acceptors (Lipinski definition) is 4. The van der Waals surface area contributed by atoms with E-state index in [0.29, 0.717) is 17.1 Å². The molecule has 1 unspecified atom stereocenters. The second-order valence-corrected chi connectivity index (χ2v) is 9.45. The number of para-hydroxylation sites is 1. The fourth-order valence-corrected chi connectivity index (χ4v) is 5.59. The molecule has 31 heavy (non-hydrogen) atoms. The zero-order chi connectivity index (χ0) is 21.2. The highest BCUT2D eigenvalue weighted by atomic mass is 16.2. The third-order valence-electron chi connectivity index (χ3n) is 7.32. The summed E-state index contributed by atoms with van der Waals surface area (Å²) in [6, 6.07) is 8.84.